The highest BCUT2D eigenvalue weighted by atomic mass is 19.1. The highest BCUT2D eigenvalue weighted by Crippen LogP contribution is 2.26. The van der Waals surface area contributed by atoms with Gasteiger partial charge in [0.05, 0.1) is 6.04 Å². The molecule has 2 aliphatic heterocycles. The number of hydrogen-bond acceptors (Lipinski definition) is 4. The lowest BCUT2D eigenvalue weighted by Crippen LogP contribution is -2.58. The Hall–Kier alpha value is -3.13. The van der Waals surface area contributed by atoms with Crippen molar-refractivity contribution < 1.29 is 18.7 Å². The van der Waals surface area contributed by atoms with Crippen LogP contribution in [0.25, 0.3) is 0 Å². The number of hydrogen-bond donors (Lipinski definition) is 2. The van der Waals surface area contributed by atoms with E-state index in [4.69, 9.17) is 4.74 Å². The summed E-state index contributed by atoms with van der Waals surface area (Å²) < 4.78 is 19.0. The molecule has 0 aliphatic carbocycles. The average Bonchev–Trinajstić information content (AvgIpc) is 2.90. The van der Waals surface area contributed by atoms with E-state index in [0.717, 1.165) is 50.9 Å². The van der Waals surface area contributed by atoms with Gasteiger partial charge >= 0.3 is 12.1 Å². The summed E-state index contributed by atoms with van der Waals surface area (Å²) in [5.41, 5.74) is 1.63. The fourth-order valence-electron chi connectivity index (χ4n) is 5.64. The van der Waals surface area contributed by atoms with Crippen molar-refractivity contribution in [2.45, 2.75) is 64.6 Å². The van der Waals surface area contributed by atoms with Crippen LogP contribution in [0.3, 0.4) is 0 Å². The molecule has 4 rings (SSSR count). The van der Waals surface area contributed by atoms with Crippen LogP contribution in [0.15, 0.2) is 54.6 Å². The molecule has 0 saturated carbocycles. The van der Waals surface area contributed by atoms with Gasteiger partial charge in [0.2, 0.25) is 0 Å². The smallest absolute Gasteiger partial charge is 0.410 e. The van der Waals surface area contributed by atoms with Crippen LogP contribution >= 0.6 is 0 Å². The first-order valence-electron chi connectivity index (χ1n) is 14.2. The lowest BCUT2D eigenvalue weighted by molar-refractivity contribution is 0.0113. The van der Waals surface area contributed by atoms with Gasteiger partial charge in [-0.3, -0.25) is 0 Å². The number of likely N-dealkylation sites (tertiary alicyclic amines) is 2. The maximum Gasteiger partial charge on any atom is 0.410 e. The molecule has 212 valence electrons. The third-order valence-electron chi connectivity index (χ3n) is 7.55. The Kier molecular flexibility index (Phi) is 9.83. The van der Waals surface area contributed by atoms with Crippen molar-refractivity contribution in [1.29, 1.82) is 0 Å². The highest BCUT2D eigenvalue weighted by Gasteiger charge is 2.36. The third-order valence-corrected chi connectivity index (χ3v) is 7.55. The van der Waals surface area contributed by atoms with Crippen LogP contribution in [0.1, 0.15) is 51.2 Å². The summed E-state index contributed by atoms with van der Waals surface area (Å²) in [5.74, 6) is 0.537. The van der Waals surface area contributed by atoms with E-state index in [0.29, 0.717) is 25.6 Å². The third kappa shape index (κ3) is 9.24. The van der Waals surface area contributed by atoms with E-state index in [-0.39, 0.29) is 29.9 Å². The topological polar surface area (TPSA) is 73.9 Å². The maximum absolute atomic E-state index is 13.3. The Morgan fingerprint density at radius 2 is 1.72 bits per heavy atom. The molecule has 3 atom stereocenters. The van der Waals surface area contributed by atoms with Crippen molar-refractivity contribution >= 4 is 12.1 Å². The van der Waals surface area contributed by atoms with Crippen LogP contribution in [-0.4, -0.2) is 66.3 Å². The molecule has 2 saturated heterocycles. The number of amides is 3. The SMILES string of the molecule is CC(C)(C)OC(=O)N1CC[C@@H](CN2CCC[C@@H](Cc3ccc(F)cc3)C2)[C@@H](NC(=O)NCc2ccccc2)C1. The molecule has 8 heteroatoms. The van der Waals surface area contributed by atoms with Crippen molar-refractivity contribution in [2.75, 3.05) is 32.7 Å². The number of ether oxygens (including phenoxy) is 1. The van der Waals surface area contributed by atoms with Gasteiger partial charge in [-0.25, -0.2) is 14.0 Å². The molecule has 39 heavy (non-hydrogen) atoms. The predicted molar refractivity (Wildman–Crippen MR) is 151 cm³/mol. The van der Waals surface area contributed by atoms with E-state index in [1.807, 2.05) is 63.2 Å². The summed E-state index contributed by atoms with van der Waals surface area (Å²) in [5, 5.41) is 6.14. The zero-order valence-electron chi connectivity index (χ0n) is 23.5. The maximum atomic E-state index is 13.3. The first-order chi connectivity index (χ1) is 18.6. The fraction of sp³-hybridized carbons (Fsp3) is 0.548. The van der Waals surface area contributed by atoms with Crippen molar-refractivity contribution in [3.8, 4) is 0 Å². The minimum Gasteiger partial charge on any atom is -0.444 e. The molecule has 0 spiro atoms. The number of piperidine rings is 2. The summed E-state index contributed by atoms with van der Waals surface area (Å²) in [6, 6.07) is 16.2. The van der Waals surface area contributed by atoms with E-state index in [1.54, 1.807) is 4.90 Å². The quantitative estimate of drug-likeness (QED) is 0.508. The molecule has 2 aliphatic rings. The average molecular weight is 539 g/mol. The highest BCUT2D eigenvalue weighted by molar-refractivity contribution is 5.74. The molecule has 0 aromatic heterocycles. The minimum absolute atomic E-state index is 0.181. The van der Waals surface area contributed by atoms with Gasteiger partial charge in [-0.05, 0) is 88.1 Å². The first kappa shape index (κ1) is 28.9. The monoisotopic (exact) mass is 538 g/mol. The van der Waals surface area contributed by atoms with E-state index in [2.05, 4.69) is 15.5 Å². The van der Waals surface area contributed by atoms with Gasteiger partial charge in [0, 0.05) is 32.7 Å². The zero-order chi connectivity index (χ0) is 27.8. The standard InChI is InChI=1S/C31H43FN4O3/c1-31(2,3)39-30(38)36-17-15-26(28(22-36)34-29(37)33-19-24-8-5-4-6-9-24)21-35-16-7-10-25(20-35)18-23-11-13-27(32)14-12-23/h4-6,8-9,11-14,25-26,28H,7,10,15-22H2,1-3H3,(H2,33,34,37)/t25-,26-,28-/m0/s1. The molecular formula is C31H43FN4O3. The number of urea groups is 1. The number of rotatable bonds is 7. The number of nitrogens with zero attached hydrogens (tertiary/aromatic N) is 2. The molecule has 7 nitrogen and oxygen atoms in total. The van der Waals surface area contributed by atoms with Crippen molar-refractivity contribution in [3.63, 3.8) is 0 Å². The van der Waals surface area contributed by atoms with Crippen LogP contribution in [0.4, 0.5) is 14.0 Å². The molecule has 2 heterocycles. The van der Waals surface area contributed by atoms with Crippen LogP contribution in [0, 0.1) is 17.7 Å². The number of carbonyl (C=O) groups is 2. The van der Waals surface area contributed by atoms with E-state index < -0.39 is 5.60 Å². The summed E-state index contributed by atoms with van der Waals surface area (Å²) in [6.45, 7) is 9.94. The Bertz CT molecular complexity index is 1070. The Morgan fingerprint density at radius 3 is 2.44 bits per heavy atom. The number of nitrogens with one attached hydrogen (secondary N) is 2. The van der Waals surface area contributed by atoms with Crippen LogP contribution < -0.4 is 10.6 Å². The lowest BCUT2D eigenvalue weighted by Gasteiger charge is -2.42. The van der Waals surface area contributed by atoms with E-state index >= 15 is 0 Å². The van der Waals surface area contributed by atoms with Crippen molar-refractivity contribution in [2.24, 2.45) is 11.8 Å². The van der Waals surface area contributed by atoms with E-state index in [1.165, 1.54) is 17.7 Å². The van der Waals surface area contributed by atoms with Crippen molar-refractivity contribution in [1.82, 2.24) is 20.4 Å². The van der Waals surface area contributed by atoms with Gasteiger partial charge in [0.15, 0.2) is 0 Å². The van der Waals surface area contributed by atoms with Gasteiger partial charge in [-0.2, -0.15) is 0 Å². The largest absolute Gasteiger partial charge is 0.444 e. The number of benzene rings is 2. The van der Waals surface area contributed by atoms with E-state index in [9.17, 15) is 14.0 Å². The lowest BCUT2D eigenvalue weighted by atomic mass is 9.87. The van der Waals surface area contributed by atoms with Crippen LogP contribution in [-0.2, 0) is 17.7 Å². The molecule has 2 N–H and O–H groups in total. The van der Waals surface area contributed by atoms with Gasteiger partial charge in [0.1, 0.15) is 11.4 Å². The molecule has 2 aromatic rings. The molecule has 2 fully saturated rings. The second-order valence-electron chi connectivity index (χ2n) is 12.0. The zero-order valence-corrected chi connectivity index (χ0v) is 23.5. The molecular weight excluding hydrogens is 495 g/mol. The minimum atomic E-state index is -0.572. The number of halogens is 1. The molecule has 0 radical (unpaired) electrons. The van der Waals surface area contributed by atoms with Crippen molar-refractivity contribution in [3.05, 3.63) is 71.5 Å². The second kappa shape index (κ2) is 13.3. The fourth-order valence-corrected chi connectivity index (χ4v) is 5.64. The predicted octanol–water partition coefficient (Wildman–Crippen LogP) is 5.21. The summed E-state index contributed by atoms with van der Waals surface area (Å²) >= 11 is 0. The Labute approximate surface area is 232 Å². The first-order valence-corrected chi connectivity index (χ1v) is 14.2. The summed E-state index contributed by atoms with van der Waals surface area (Å²) in [6.07, 6.45) is 3.68. The molecule has 3 amide bonds. The normalized spacial score (nSPS) is 22.3. The number of carbonyl (C=O) groups excluding carboxylic acids is 2. The van der Waals surface area contributed by atoms with Gasteiger partial charge in [-0.15, -0.1) is 0 Å². The van der Waals surface area contributed by atoms with Gasteiger partial charge in [0.25, 0.3) is 0 Å². The van der Waals surface area contributed by atoms with Gasteiger partial charge < -0.3 is 25.2 Å². The molecule has 0 bridgehead atoms. The molecule has 2 aromatic carbocycles. The second-order valence-corrected chi connectivity index (χ2v) is 12.0. The Morgan fingerprint density at radius 1 is 0.974 bits per heavy atom. The van der Waals surface area contributed by atoms with Crippen LogP contribution in [0.5, 0.6) is 0 Å². The molecule has 0 unspecified atom stereocenters. The Balaban J connectivity index is 1.37. The summed E-state index contributed by atoms with van der Waals surface area (Å²) in [7, 11) is 0. The van der Waals surface area contributed by atoms with Gasteiger partial charge in [-0.1, -0.05) is 42.5 Å². The summed E-state index contributed by atoms with van der Waals surface area (Å²) in [4.78, 5) is 30.0. The van der Waals surface area contributed by atoms with Crippen LogP contribution in [0.2, 0.25) is 0 Å².